The Morgan fingerprint density at radius 1 is 1.30 bits per heavy atom. The van der Waals surface area contributed by atoms with Gasteiger partial charge in [0.05, 0.1) is 12.7 Å². The van der Waals surface area contributed by atoms with Gasteiger partial charge in [0.2, 0.25) is 5.88 Å². The summed E-state index contributed by atoms with van der Waals surface area (Å²) in [5.74, 6) is -5.37. The summed E-state index contributed by atoms with van der Waals surface area (Å²) in [4.78, 5) is 38.4. The standard InChI is InChI=1S/C13H11ClF3NO5/c1-6(19)5-8(12(21)22-2)10(20)7-3-4-9(14)18-11(7)23-13(15,16)17/h3-4,8H,5H2,1-2H3. The lowest BCUT2D eigenvalue weighted by Gasteiger charge is -2.15. The largest absolute Gasteiger partial charge is 0.574 e. The van der Waals surface area contributed by atoms with Crippen molar-refractivity contribution in [1.82, 2.24) is 4.98 Å². The number of carbonyl (C=O) groups is 3. The summed E-state index contributed by atoms with van der Waals surface area (Å²) in [5.41, 5.74) is -0.636. The summed E-state index contributed by atoms with van der Waals surface area (Å²) in [5, 5.41) is -0.345. The van der Waals surface area contributed by atoms with Crippen LogP contribution < -0.4 is 4.74 Å². The van der Waals surface area contributed by atoms with Crippen LogP contribution >= 0.6 is 11.6 Å². The molecule has 126 valence electrons. The second kappa shape index (κ2) is 7.40. The quantitative estimate of drug-likeness (QED) is 0.338. The molecule has 1 aromatic heterocycles. The maximum Gasteiger partial charge on any atom is 0.574 e. The van der Waals surface area contributed by atoms with E-state index in [1.807, 2.05) is 0 Å². The molecule has 23 heavy (non-hydrogen) atoms. The fraction of sp³-hybridized carbons (Fsp3) is 0.385. The number of methoxy groups -OCH3 is 1. The third-order valence-corrected chi connectivity index (χ3v) is 2.81. The molecule has 10 heteroatoms. The topological polar surface area (TPSA) is 82.6 Å². The molecule has 0 aromatic carbocycles. The van der Waals surface area contributed by atoms with Crippen molar-refractivity contribution < 1.29 is 37.0 Å². The Kier molecular flexibility index (Phi) is 6.08. The Balaban J connectivity index is 3.28. The van der Waals surface area contributed by atoms with Crippen molar-refractivity contribution >= 4 is 29.1 Å². The highest BCUT2D eigenvalue weighted by Gasteiger charge is 2.37. The molecule has 0 bridgehead atoms. The number of rotatable bonds is 6. The first-order chi connectivity index (χ1) is 10.5. The molecule has 1 rings (SSSR count). The van der Waals surface area contributed by atoms with Crippen molar-refractivity contribution in [2.75, 3.05) is 7.11 Å². The van der Waals surface area contributed by atoms with Gasteiger partial charge in [-0.05, 0) is 19.1 Å². The Hall–Kier alpha value is -2.16. The van der Waals surface area contributed by atoms with Crippen LogP contribution in [0.25, 0.3) is 0 Å². The Bertz CT molecular complexity index is 633. The Morgan fingerprint density at radius 2 is 1.91 bits per heavy atom. The van der Waals surface area contributed by atoms with Gasteiger partial charge < -0.3 is 9.47 Å². The smallest absolute Gasteiger partial charge is 0.468 e. The highest BCUT2D eigenvalue weighted by Crippen LogP contribution is 2.28. The minimum atomic E-state index is -5.12. The fourth-order valence-corrected chi connectivity index (χ4v) is 1.83. The van der Waals surface area contributed by atoms with Crippen LogP contribution in [0, 0.1) is 5.92 Å². The summed E-state index contributed by atoms with van der Waals surface area (Å²) in [7, 11) is 0.982. The lowest BCUT2D eigenvalue weighted by Crippen LogP contribution is -2.29. The van der Waals surface area contributed by atoms with Gasteiger partial charge in [0.15, 0.2) is 5.78 Å². The number of nitrogens with zero attached hydrogens (tertiary/aromatic N) is 1. The number of hydrogen-bond donors (Lipinski definition) is 0. The van der Waals surface area contributed by atoms with Crippen LogP contribution in [0.1, 0.15) is 23.7 Å². The van der Waals surface area contributed by atoms with Crippen LogP contribution in [0.3, 0.4) is 0 Å². The number of carbonyl (C=O) groups excluding carboxylic acids is 3. The van der Waals surface area contributed by atoms with E-state index in [0.29, 0.717) is 0 Å². The number of Topliss-reactive ketones (excluding diaryl/α,β-unsaturated/α-hetero) is 2. The van der Waals surface area contributed by atoms with Gasteiger partial charge in [0, 0.05) is 6.42 Å². The molecular weight excluding hydrogens is 343 g/mol. The molecular formula is C13H11ClF3NO5. The molecule has 6 nitrogen and oxygen atoms in total. The van der Waals surface area contributed by atoms with E-state index in [2.05, 4.69) is 14.5 Å². The number of esters is 1. The highest BCUT2D eigenvalue weighted by atomic mass is 35.5. The first kappa shape index (κ1) is 18.9. The normalized spacial score (nSPS) is 12.4. The number of ether oxygens (including phenoxy) is 2. The van der Waals surface area contributed by atoms with E-state index < -0.39 is 47.7 Å². The van der Waals surface area contributed by atoms with Crippen LogP contribution in [0.4, 0.5) is 13.2 Å². The molecule has 0 spiro atoms. The first-order valence-electron chi connectivity index (χ1n) is 6.09. The van der Waals surface area contributed by atoms with Crippen molar-refractivity contribution in [2.24, 2.45) is 5.92 Å². The number of aromatic nitrogens is 1. The van der Waals surface area contributed by atoms with Gasteiger partial charge in [0.25, 0.3) is 0 Å². The monoisotopic (exact) mass is 353 g/mol. The molecule has 1 atom stereocenters. The third kappa shape index (κ3) is 5.51. The van der Waals surface area contributed by atoms with E-state index in [-0.39, 0.29) is 5.15 Å². The molecule has 0 fully saturated rings. The van der Waals surface area contributed by atoms with Gasteiger partial charge in [0.1, 0.15) is 16.9 Å². The molecule has 1 unspecified atom stereocenters. The highest BCUT2D eigenvalue weighted by molar-refractivity contribution is 6.29. The van der Waals surface area contributed by atoms with Crippen LogP contribution in [0.2, 0.25) is 5.15 Å². The Morgan fingerprint density at radius 3 is 2.39 bits per heavy atom. The molecule has 0 N–H and O–H groups in total. The van der Waals surface area contributed by atoms with Crippen molar-refractivity contribution in [1.29, 1.82) is 0 Å². The second-order valence-electron chi connectivity index (χ2n) is 4.38. The SMILES string of the molecule is COC(=O)C(CC(C)=O)C(=O)c1ccc(Cl)nc1OC(F)(F)F. The first-order valence-corrected chi connectivity index (χ1v) is 6.46. The minimum absolute atomic E-state index is 0.345. The van der Waals surface area contributed by atoms with Crippen molar-refractivity contribution in [2.45, 2.75) is 19.7 Å². The van der Waals surface area contributed by atoms with Crippen molar-refractivity contribution in [3.05, 3.63) is 22.8 Å². The summed E-state index contributed by atoms with van der Waals surface area (Å²) in [6.07, 6.45) is -5.65. The van der Waals surface area contributed by atoms with Crippen molar-refractivity contribution in [3.63, 3.8) is 0 Å². The molecule has 1 heterocycles. The summed E-state index contributed by atoms with van der Waals surface area (Å²) in [6.45, 7) is 1.12. The van der Waals surface area contributed by atoms with Crippen LogP contribution in [0.5, 0.6) is 5.88 Å². The minimum Gasteiger partial charge on any atom is -0.468 e. The van der Waals surface area contributed by atoms with E-state index in [1.54, 1.807) is 0 Å². The number of pyridine rings is 1. The predicted octanol–water partition coefficient (Wildman–Crippen LogP) is 2.58. The van der Waals surface area contributed by atoms with Crippen LogP contribution in [-0.2, 0) is 14.3 Å². The molecule has 0 saturated heterocycles. The van der Waals surface area contributed by atoms with Crippen LogP contribution in [-0.4, -0.2) is 36.0 Å². The average Bonchev–Trinajstić information content (AvgIpc) is 2.41. The van der Waals surface area contributed by atoms with Crippen LogP contribution in [0.15, 0.2) is 12.1 Å². The van der Waals surface area contributed by atoms with E-state index in [4.69, 9.17) is 11.6 Å². The lowest BCUT2D eigenvalue weighted by atomic mass is 9.93. The molecule has 0 saturated carbocycles. The number of hydrogen-bond acceptors (Lipinski definition) is 6. The van der Waals surface area contributed by atoms with E-state index in [1.165, 1.54) is 0 Å². The molecule has 0 aliphatic heterocycles. The maximum absolute atomic E-state index is 12.4. The molecule has 0 amide bonds. The molecule has 0 radical (unpaired) electrons. The Labute approximate surface area is 133 Å². The zero-order chi connectivity index (χ0) is 17.8. The number of alkyl halides is 3. The third-order valence-electron chi connectivity index (χ3n) is 2.60. The summed E-state index contributed by atoms with van der Waals surface area (Å²) >= 11 is 5.49. The number of ketones is 2. The molecule has 0 aliphatic rings. The van der Waals surface area contributed by atoms with Gasteiger partial charge in [-0.15, -0.1) is 13.2 Å². The van der Waals surface area contributed by atoms with Gasteiger partial charge in [-0.2, -0.15) is 0 Å². The zero-order valence-corrected chi connectivity index (χ0v) is 12.7. The average molecular weight is 354 g/mol. The fourth-order valence-electron chi connectivity index (χ4n) is 1.69. The maximum atomic E-state index is 12.4. The van der Waals surface area contributed by atoms with Gasteiger partial charge in [-0.1, -0.05) is 11.6 Å². The van der Waals surface area contributed by atoms with Gasteiger partial charge in [-0.25, -0.2) is 4.98 Å². The van der Waals surface area contributed by atoms with E-state index in [0.717, 1.165) is 26.2 Å². The zero-order valence-electron chi connectivity index (χ0n) is 11.9. The lowest BCUT2D eigenvalue weighted by molar-refractivity contribution is -0.276. The van der Waals surface area contributed by atoms with E-state index >= 15 is 0 Å². The van der Waals surface area contributed by atoms with E-state index in [9.17, 15) is 27.6 Å². The second-order valence-corrected chi connectivity index (χ2v) is 4.77. The van der Waals surface area contributed by atoms with Crippen molar-refractivity contribution in [3.8, 4) is 5.88 Å². The van der Waals surface area contributed by atoms with Gasteiger partial charge in [-0.3, -0.25) is 14.4 Å². The number of halogens is 4. The van der Waals surface area contributed by atoms with Gasteiger partial charge >= 0.3 is 12.3 Å². The summed E-state index contributed by atoms with van der Waals surface area (Å²) < 4.78 is 45.2. The predicted molar refractivity (Wildman–Crippen MR) is 71.1 cm³/mol. The molecule has 0 aliphatic carbocycles. The molecule has 1 aromatic rings. The summed E-state index contributed by atoms with van der Waals surface area (Å²) in [6, 6.07) is 1.98.